The summed E-state index contributed by atoms with van der Waals surface area (Å²) in [5.74, 6) is 0.221. The van der Waals surface area contributed by atoms with Crippen molar-refractivity contribution in [2.45, 2.75) is 57.0 Å². The van der Waals surface area contributed by atoms with Gasteiger partial charge >= 0.3 is 0 Å². The molecular formula is C14H27N3O. The van der Waals surface area contributed by atoms with E-state index >= 15 is 0 Å². The quantitative estimate of drug-likeness (QED) is 0.789. The van der Waals surface area contributed by atoms with Crippen LogP contribution in [0.3, 0.4) is 0 Å². The summed E-state index contributed by atoms with van der Waals surface area (Å²) in [5.41, 5.74) is 0. The molecule has 1 saturated heterocycles. The van der Waals surface area contributed by atoms with Gasteiger partial charge in [0.1, 0.15) is 0 Å². The van der Waals surface area contributed by atoms with Crippen LogP contribution in [0.5, 0.6) is 0 Å². The lowest BCUT2D eigenvalue weighted by Gasteiger charge is -2.32. The predicted molar refractivity (Wildman–Crippen MR) is 73.5 cm³/mol. The van der Waals surface area contributed by atoms with Gasteiger partial charge in [0, 0.05) is 18.6 Å². The van der Waals surface area contributed by atoms with Crippen LogP contribution < -0.4 is 10.6 Å². The molecule has 0 aromatic heterocycles. The van der Waals surface area contributed by atoms with Crippen molar-refractivity contribution in [3.8, 4) is 0 Å². The van der Waals surface area contributed by atoms with Gasteiger partial charge in [0.2, 0.25) is 5.91 Å². The first kappa shape index (κ1) is 13.8. The maximum atomic E-state index is 12.0. The Balaban J connectivity index is 1.69. The third kappa shape index (κ3) is 4.25. The Morgan fingerprint density at radius 2 is 1.83 bits per heavy atom. The predicted octanol–water partition coefficient (Wildman–Crippen LogP) is 1.12. The molecule has 18 heavy (non-hydrogen) atoms. The third-order valence-corrected chi connectivity index (χ3v) is 4.25. The molecule has 4 nitrogen and oxygen atoms in total. The summed E-state index contributed by atoms with van der Waals surface area (Å²) < 4.78 is 0. The molecule has 2 fully saturated rings. The van der Waals surface area contributed by atoms with Gasteiger partial charge in [-0.1, -0.05) is 19.3 Å². The number of likely N-dealkylation sites (N-methyl/N-ethyl adjacent to an activating group) is 1. The number of likely N-dealkylation sites (tertiary alicyclic amines) is 1. The first-order valence-electron chi connectivity index (χ1n) is 7.47. The molecule has 1 unspecified atom stereocenters. The maximum Gasteiger partial charge on any atom is 0.234 e. The fourth-order valence-electron chi connectivity index (χ4n) is 3.16. The second-order valence-corrected chi connectivity index (χ2v) is 5.77. The van der Waals surface area contributed by atoms with Crippen LogP contribution in [0, 0.1) is 0 Å². The minimum absolute atomic E-state index is 0.221. The lowest BCUT2D eigenvalue weighted by Crippen LogP contribution is -2.49. The van der Waals surface area contributed by atoms with E-state index in [0.717, 1.165) is 13.1 Å². The summed E-state index contributed by atoms with van der Waals surface area (Å²) in [7, 11) is 2.01. The summed E-state index contributed by atoms with van der Waals surface area (Å²) in [5, 5.41) is 6.51. The average Bonchev–Trinajstić information content (AvgIpc) is 2.40. The number of nitrogens with one attached hydrogen (secondary N) is 2. The van der Waals surface area contributed by atoms with Crippen molar-refractivity contribution in [1.29, 1.82) is 0 Å². The number of hydrogen-bond acceptors (Lipinski definition) is 3. The monoisotopic (exact) mass is 253 g/mol. The smallest absolute Gasteiger partial charge is 0.234 e. The van der Waals surface area contributed by atoms with Crippen LogP contribution in [-0.2, 0) is 4.79 Å². The van der Waals surface area contributed by atoms with E-state index in [1.165, 1.54) is 44.9 Å². The van der Waals surface area contributed by atoms with Crippen LogP contribution in [0.2, 0.25) is 0 Å². The van der Waals surface area contributed by atoms with Crippen LogP contribution in [0.15, 0.2) is 0 Å². The van der Waals surface area contributed by atoms with Crippen molar-refractivity contribution in [2.24, 2.45) is 0 Å². The Hall–Kier alpha value is -0.610. The number of rotatable bonds is 4. The lowest BCUT2D eigenvalue weighted by molar-refractivity contribution is -0.123. The molecule has 1 aliphatic heterocycles. The number of carbonyl (C=O) groups excluding carboxylic acids is 1. The number of amides is 1. The first-order valence-corrected chi connectivity index (χ1v) is 7.47. The van der Waals surface area contributed by atoms with E-state index in [-0.39, 0.29) is 5.91 Å². The normalized spacial score (nSPS) is 27.1. The number of hydrogen-bond donors (Lipinski definition) is 2. The van der Waals surface area contributed by atoms with Gasteiger partial charge in [0.15, 0.2) is 0 Å². The molecule has 0 aromatic carbocycles. The Morgan fingerprint density at radius 3 is 2.56 bits per heavy atom. The van der Waals surface area contributed by atoms with E-state index in [1.54, 1.807) is 0 Å². The van der Waals surface area contributed by atoms with Gasteiger partial charge in [0.05, 0.1) is 6.54 Å². The fraction of sp³-hybridized carbons (Fsp3) is 0.929. The van der Waals surface area contributed by atoms with E-state index < -0.39 is 0 Å². The van der Waals surface area contributed by atoms with Gasteiger partial charge in [-0.05, 0) is 39.3 Å². The van der Waals surface area contributed by atoms with Crippen LogP contribution in [0.1, 0.15) is 44.9 Å². The van der Waals surface area contributed by atoms with Crippen molar-refractivity contribution in [2.75, 3.05) is 26.7 Å². The summed E-state index contributed by atoms with van der Waals surface area (Å²) >= 11 is 0. The molecule has 0 spiro atoms. The zero-order valence-corrected chi connectivity index (χ0v) is 11.6. The SMILES string of the molecule is CNC1CCCN(CC(=O)NC2CCCCC2)C1. The summed E-state index contributed by atoms with van der Waals surface area (Å²) in [6, 6.07) is 0.998. The largest absolute Gasteiger partial charge is 0.352 e. The first-order chi connectivity index (χ1) is 8.78. The Morgan fingerprint density at radius 1 is 1.11 bits per heavy atom. The molecular weight excluding hydrogens is 226 g/mol. The number of nitrogens with zero attached hydrogens (tertiary/aromatic N) is 1. The molecule has 1 atom stereocenters. The second kappa shape index (κ2) is 7.10. The molecule has 1 saturated carbocycles. The molecule has 0 bridgehead atoms. The summed E-state index contributed by atoms with van der Waals surface area (Å²) in [6.07, 6.45) is 8.66. The van der Waals surface area contributed by atoms with E-state index in [2.05, 4.69) is 15.5 Å². The van der Waals surface area contributed by atoms with Gasteiger partial charge in [0.25, 0.3) is 0 Å². The van der Waals surface area contributed by atoms with Crippen molar-refractivity contribution in [3.05, 3.63) is 0 Å². The topological polar surface area (TPSA) is 44.4 Å². The van der Waals surface area contributed by atoms with E-state index in [0.29, 0.717) is 18.6 Å². The minimum atomic E-state index is 0.221. The van der Waals surface area contributed by atoms with Crippen LogP contribution in [-0.4, -0.2) is 49.6 Å². The molecule has 2 N–H and O–H groups in total. The van der Waals surface area contributed by atoms with Gasteiger partial charge in [-0.15, -0.1) is 0 Å². The average molecular weight is 253 g/mol. The van der Waals surface area contributed by atoms with Crippen molar-refractivity contribution >= 4 is 5.91 Å². The molecule has 0 radical (unpaired) electrons. The molecule has 1 amide bonds. The lowest BCUT2D eigenvalue weighted by atomic mass is 9.95. The van der Waals surface area contributed by atoms with Gasteiger partial charge in [-0.3, -0.25) is 9.69 Å². The summed E-state index contributed by atoms with van der Waals surface area (Å²) in [4.78, 5) is 14.3. The highest BCUT2D eigenvalue weighted by atomic mass is 16.2. The van der Waals surface area contributed by atoms with Crippen LogP contribution in [0.4, 0.5) is 0 Å². The zero-order chi connectivity index (χ0) is 12.8. The van der Waals surface area contributed by atoms with E-state index in [4.69, 9.17) is 0 Å². The molecule has 1 aliphatic carbocycles. The van der Waals surface area contributed by atoms with Crippen LogP contribution >= 0.6 is 0 Å². The number of carbonyl (C=O) groups is 1. The highest BCUT2D eigenvalue weighted by Gasteiger charge is 2.22. The Labute approximate surface area is 110 Å². The number of piperidine rings is 1. The molecule has 0 aromatic rings. The molecule has 1 heterocycles. The van der Waals surface area contributed by atoms with E-state index in [1.807, 2.05) is 7.05 Å². The second-order valence-electron chi connectivity index (χ2n) is 5.77. The van der Waals surface area contributed by atoms with Gasteiger partial charge in [-0.2, -0.15) is 0 Å². The van der Waals surface area contributed by atoms with Gasteiger partial charge < -0.3 is 10.6 Å². The fourth-order valence-corrected chi connectivity index (χ4v) is 3.16. The maximum absolute atomic E-state index is 12.0. The highest BCUT2D eigenvalue weighted by Crippen LogP contribution is 2.17. The van der Waals surface area contributed by atoms with E-state index in [9.17, 15) is 4.79 Å². The molecule has 2 rings (SSSR count). The van der Waals surface area contributed by atoms with Crippen LogP contribution in [0.25, 0.3) is 0 Å². The Kier molecular flexibility index (Phi) is 5.45. The zero-order valence-electron chi connectivity index (χ0n) is 11.6. The Bertz CT molecular complexity index is 264. The van der Waals surface area contributed by atoms with Crippen molar-refractivity contribution < 1.29 is 4.79 Å². The standard InChI is InChI=1S/C14H27N3O/c1-15-13-8-5-9-17(10-13)11-14(18)16-12-6-3-2-4-7-12/h12-13,15H,2-11H2,1H3,(H,16,18). The molecule has 4 heteroatoms. The minimum Gasteiger partial charge on any atom is -0.352 e. The third-order valence-electron chi connectivity index (χ3n) is 4.25. The highest BCUT2D eigenvalue weighted by molar-refractivity contribution is 5.78. The van der Waals surface area contributed by atoms with Crippen molar-refractivity contribution in [3.63, 3.8) is 0 Å². The molecule has 104 valence electrons. The molecule has 2 aliphatic rings. The van der Waals surface area contributed by atoms with Crippen molar-refractivity contribution in [1.82, 2.24) is 15.5 Å². The van der Waals surface area contributed by atoms with Gasteiger partial charge in [-0.25, -0.2) is 0 Å². The summed E-state index contributed by atoms with van der Waals surface area (Å²) in [6.45, 7) is 2.65.